The van der Waals surface area contributed by atoms with Crippen LogP contribution in [0.3, 0.4) is 0 Å². The van der Waals surface area contributed by atoms with E-state index in [1.165, 1.54) is 24.9 Å². The van der Waals surface area contributed by atoms with Gasteiger partial charge >= 0.3 is 5.97 Å². The van der Waals surface area contributed by atoms with Crippen molar-refractivity contribution in [1.29, 1.82) is 0 Å². The second-order valence-corrected chi connectivity index (χ2v) is 4.23. The van der Waals surface area contributed by atoms with Crippen LogP contribution in [-0.2, 0) is 4.79 Å². The molecular weight excluding hydrogens is 266 g/mol. The lowest BCUT2D eigenvalue weighted by molar-refractivity contribution is -0.118. The molecule has 1 aromatic heterocycles. The van der Waals surface area contributed by atoms with Crippen molar-refractivity contribution < 1.29 is 14.7 Å². The Morgan fingerprint density at radius 3 is 2.84 bits per heavy atom. The fourth-order valence-electron chi connectivity index (χ4n) is 1.18. The molecule has 7 heteroatoms. The normalized spacial score (nSPS) is 9.37. The first-order chi connectivity index (χ1) is 9.04. The second-order valence-electron chi connectivity index (χ2n) is 3.46. The van der Waals surface area contributed by atoms with Crippen LogP contribution in [0, 0.1) is 11.8 Å². The number of carbonyl (C=O) groups is 2. The Morgan fingerprint density at radius 2 is 2.26 bits per heavy atom. The molecule has 0 aromatic carbocycles. The minimum absolute atomic E-state index is 0.105. The number of carboxylic acid groups (broad SMARTS) is 1. The zero-order chi connectivity index (χ0) is 14.3. The highest BCUT2D eigenvalue weighted by atomic mass is 32.2. The van der Waals surface area contributed by atoms with E-state index in [2.05, 4.69) is 27.1 Å². The van der Waals surface area contributed by atoms with Crippen molar-refractivity contribution in [2.45, 2.75) is 18.5 Å². The predicted octanol–water partition coefficient (Wildman–Crippen LogP) is 0.774. The van der Waals surface area contributed by atoms with Gasteiger partial charge in [-0.1, -0.05) is 23.6 Å². The summed E-state index contributed by atoms with van der Waals surface area (Å²) in [6, 6.07) is 0. The molecule has 1 heterocycles. The molecule has 1 rings (SSSR count). The number of aromatic carboxylic acids is 1. The zero-order valence-corrected chi connectivity index (χ0v) is 11.4. The van der Waals surface area contributed by atoms with E-state index in [1.807, 2.05) is 0 Å². The standard InChI is InChI=1S/C12H13N3O3S/c1-8(16)13-6-4-3-5-9-7-14-12(19-2)15-10(9)11(17)18/h7H,4,6H2,1-2H3,(H,13,16)(H,17,18). The summed E-state index contributed by atoms with van der Waals surface area (Å²) in [6.45, 7) is 1.85. The summed E-state index contributed by atoms with van der Waals surface area (Å²) in [4.78, 5) is 29.6. The van der Waals surface area contributed by atoms with Crippen molar-refractivity contribution in [2.75, 3.05) is 12.8 Å². The Bertz CT molecular complexity index is 549. The molecule has 19 heavy (non-hydrogen) atoms. The van der Waals surface area contributed by atoms with E-state index in [9.17, 15) is 9.59 Å². The molecule has 1 amide bonds. The van der Waals surface area contributed by atoms with Crippen LogP contribution in [0.2, 0.25) is 0 Å². The minimum atomic E-state index is -1.14. The second kappa shape index (κ2) is 7.38. The van der Waals surface area contributed by atoms with Crippen LogP contribution in [0.4, 0.5) is 0 Å². The lowest BCUT2D eigenvalue weighted by atomic mass is 10.2. The monoisotopic (exact) mass is 279 g/mol. The lowest BCUT2D eigenvalue weighted by Crippen LogP contribution is -2.20. The van der Waals surface area contributed by atoms with E-state index in [1.54, 1.807) is 6.26 Å². The summed E-state index contributed by atoms with van der Waals surface area (Å²) in [5.41, 5.74) is 0.166. The van der Waals surface area contributed by atoms with Crippen LogP contribution in [0.15, 0.2) is 11.4 Å². The number of carboxylic acids is 1. The Morgan fingerprint density at radius 1 is 1.53 bits per heavy atom. The molecule has 6 nitrogen and oxygen atoms in total. The Hall–Kier alpha value is -2.07. The highest BCUT2D eigenvalue weighted by Gasteiger charge is 2.12. The van der Waals surface area contributed by atoms with E-state index >= 15 is 0 Å². The first-order valence-electron chi connectivity index (χ1n) is 5.42. The van der Waals surface area contributed by atoms with Crippen molar-refractivity contribution in [3.8, 4) is 11.8 Å². The molecule has 0 spiro atoms. The van der Waals surface area contributed by atoms with Crippen molar-refractivity contribution in [2.24, 2.45) is 0 Å². The summed E-state index contributed by atoms with van der Waals surface area (Å²) in [5, 5.41) is 12.0. The molecule has 0 radical (unpaired) electrons. The smallest absolute Gasteiger partial charge is 0.355 e. The molecule has 0 bridgehead atoms. The Kier molecular flexibility index (Phi) is 5.82. The van der Waals surface area contributed by atoms with Crippen molar-refractivity contribution in [3.63, 3.8) is 0 Å². The van der Waals surface area contributed by atoms with Crippen LogP contribution >= 0.6 is 11.8 Å². The van der Waals surface area contributed by atoms with Gasteiger partial charge < -0.3 is 10.4 Å². The van der Waals surface area contributed by atoms with Crippen LogP contribution < -0.4 is 5.32 Å². The zero-order valence-electron chi connectivity index (χ0n) is 10.6. The van der Waals surface area contributed by atoms with E-state index < -0.39 is 5.97 Å². The van der Waals surface area contributed by atoms with Gasteiger partial charge in [-0.25, -0.2) is 14.8 Å². The fourth-order valence-corrected chi connectivity index (χ4v) is 1.52. The molecule has 0 unspecified atom stereocenters. The average Bonchev–Trinajstić information content (AvgIpc) is 2.38. The quantitative estimate of drug-likeness (QED) is 0.366. The number of amides is 1. The number of carbonyl (C=O) groups excluding carboxylic acids is 1. The molecule has 0 fully saturated rings. The largest absolute Gasteiger partial charge is 0.476 e. The summed E-state index contributed by atoms with van der Waals surface area (Å²) in [7, 11) is 0. The van der Waals surface area contributed by atoms with Gasteiger partial charge in [0.1, 0.15) is 0 Å². The van der Waals surface area contributed by atoms with E-state index in [0.717, 1.165) is 0 Å². The number of nitrogens with one attached hydrogen (secondary N) is 1. The maximum Gasteiger partial charge on any atom is 0.355 e. The van der Waals surface area contributed by atoms with Crippen LogP contribution in [0.25, 0.3) is 0 Å². The summed E-state index contributed by atoms with van der Waals surface area (Å²) in [5.74, 6) is 4.22. The molecule has 2 N–H and O–H groups in total. The van der Waals surface area contributed by atoms with Gasteiger partial charge in [-0.2, -0.15) is 0 Å². The molecule has 0 saturated heterocycles. The molecule has 0 atom stereocenters. The highest BCUT2D eigenvalue weighted by molar-refractivity contribution is 7.98. The number of rotatable bonds is 4. The van der Waals surface area contributed by atoms with E-state index in [-0.39, 0.29) is 17.2 Å². The van der Waals surface area contributed by atoms with E-state index in [4.69, 9.17) is 5.11 Å². The van der Waals surface area contributed by atoms with E-state index in [0.29, 0.717) is 18.1 Å². The summed E-state index contributed by atoms with van der Waals surface area (Å²) >= 11 is 1.26. The number of thioether (sulfide) groups is 1. The third-order valence-corrected chi connectivity index (χ3v) is 2.56. The maximum absolute atomic E-state index is 11.0. The maximum atomic E-state index is 11.0. The molecule has 0 aliphatic heterocycles. The third-order valence-electron chi connectivity index (χ3n) is 2.00. The van der Waals surface area contributed by atoms with Crippen LogP contribution in [-0.4, -0.2) is 39.8 Å². The van der Waals surface area contributed by atoms with Gasteiger partial charge in [-0.05, 0) is 6.26 Å². The Labute approximate surface area is 115 Å². The topological polar surface area (TPSA) is 92.2 Å². The summed E-state index contributed by atoms with van der Waals surface area (Å²) < 4.78 is 0. The van der Waals surface area contributed by atoms with Crippen LogP contribution in [0.1, 0.15) is 29.4 Å². The molecule has 1 aromatic rings. The number of aromatic nitrogens is 2. The molecule has 0 aliphatic carbocycles. The number of nitrogens with zero attached hydrogens (tertiary/aromatic N) is 2. The molecule has 0 saturated carbocycles. The predicted molar refractivity (Wildman–Crippen MR) is 71.0 cm³/mol. The first kappa shape index (κ1) is 15.0. The van der Waals surface area contributed by atoms with Gasteiger partial charge in [0.25, 0.3) is 0 Å². The van der Waals surface area contributed by atoms with Gasteiger partial charge in [0.15, 0.2) is 10.9 Å². The van der Waals surface area contributed by atoms with Gasteiger partial charge in [0, 0.05) is 26.1 Å². The number of hydrogen-bond donors (Lipinski definition) is 2. The van der Waals surface area contributed by atoms with Crippen LogP contribution in [0.5, 0.6) is 0 Å². The van der Waals surface area contributed by atoms with Crippen molar-refractivity contribution >= 4 is 23.6 Å². The van der Waals surface area contributed by atoms with Gasteiger partial charge in [-0.3, -0.25) is 4.79 Å². The van der Waals surface area contributed by atoms with Gasteiger partial charge in [-0.15, -0.1) is 0 Å². The van der Waals surface area contributed by atoms with Crippen molar-refractivity contribution in [3.05, 3.63) is 17.5 Å². The number of hydrogen-bond acceptors (Lipinski definition) is 5. The first-order valence-corrected chi connectivity index (χ1v) is 6.64. The van der Waals surface area contributed by atoms with Crippen molar-refractivity contribution in [1.82, 2.24) is 15.3 Å². The lowest BCUT2D eigenvalue weighted by Gasteiger charge is -2.00. The Balaban J connectivity index is 2.80. The minimum Gasteiger partial charge on any atom is -0.476 e. The molecular formula is C12H13N3O3S. The third kappa shape index (κ3) is 4.97. The SMILES string of the molecule is CSc1ncc(C#CCCNC(C)=O)c(C(=O)O)n1. The van der Waals surface area contributed by atoms with Gasteiger partial charge in [0.05, 0.1) is 5.56 Å². The molecule has 0 aliphatic rings. The molecule has 100 valence electrons. The summed E-state index contributed by atoms with van der Waals surface area (Å²) in [6.07, 6.45) is 3.59. The van der Waals surface area contributed by atoms with Gasteiger partial charge in [0.2, 0.25) is 5.91 Å². The highest BCUT2D eigenvalue weighted by Crippen LogP contribution is 2.11. The fraction of sp³-hybridized carbons (Fsp3) is 0.333. The average molecular weight is 279 g/mol.